The molecule has 0 saturated heterocycles. The Morgan fingerprint density at radius 2 is 0.577 bits per heavy atom. The highest BCUT2D eigenvalue weighted by Crippen LogP contribution is 2.32. The summed E-state index contributed by atoms with van der Waals surface area (Å²) in [5, 5.41) is 35.9. The minimum atomic E-state index is -0.0772. The van der Waals surface area contributed by atoms with Crippen molar-refractivity contribution in [3.05, 3.63) is 105 Å². The summed E-state index contributed by atoms with van der Waals surface area (Å²) in [6.07, 6.45) is 58.4. The van der Waals surface area contributed by atoms with Gasteiger partial charge in [0, 0.05) is 70.7 Å². The first kappa shape index (κ1) is 60.0. The molecule has 6 bridgehead atoms. The standard InChI is InChI=1S/C69H96N6O3/c1-4-7-9-11-13-15-17-19-21-23-32-53-42-57-48-72-63-36-27-25-34-61(63)70-46-55-40-52(31-6-3)41-56(67(55)76)47-71-62-35-26-28-37-64(62)73-49-58-43-54(33-24-22-20-18-16-14-12-10-8-5-2)45-60(69(58)78)51-75-66-39-30-29-38-65(66)74-50-59(44-53)68(57)77/h6,23-24,31-33,40-51,61-66,76-78H,4-5,7-22,25-30,34-39H2,1-3H3/b31-6+,32-23-,33-24+,70-46?,71-47?,72-48?,73-49?,74-50?,75-51?. The Hall–Kier alpha value is -5.70. The second kappa shape index (κ2) is 33.7. The highest BCUT2D eigenvalue weighted by atomic mass is 16.3. The van der Waals surface area contributed by atoms with E-state index in [0.29, 0.717) is 33.4 Å². The van der Waals surface area contributed by atoms with Crippen LogP contribution < -0.4 is 0 Å². The summed E-state index contributed by atoms with van der Waals surface area (Å²) in [6.45, 7) is 6.54. The molecule has 9 heteroatoms. The Kier molecular flexibility index (Phi) is 25.9. The number of nitrogens with zero attached hydrogens (tertiary/aromatic N) is 6. The Morgan fingerprint density at radius 1 is 0.346 bits per heavy atom. The van der Waals surface area contributed by atoms with Gasteiger partial charge in [-0.15, -0.1) is 0 Å². The monoisotopic (exact) mass is 1060 g/mol. The van der Waals surface area contributed by atoms with E-state index in [1.54, 1.807) is 0 Å². The molecule has 3 fully saturated rings. The fraction of sp³-hybridized carbons (Fsp3) is 0.565. The third-order valence-corrected chi connectivity index (χ3v) is 16.5. The topological polar surface area (TPSA) is 135 Å². The van der Waals surface area contributed by atoms with Gasteiger partial charge in [0.25, 0.3) is 0 Å². The minimum absolute atomic E-state index is 0.0754. The zero-order valence-electron chi connectivity index (χ0n) is 48.1. The molecular formula is C69H96N6O3. The summed E-state index contributed by atoms with van der Waals surface area (Å²) in [5.41, 5.74) is 6.92. The average Bonchev–Trinajstić information content (AvgIpc) is 3.47. The van der Waals surface area contributed by atoms with Gasteiger partial charge in [-0.2, -0.15) is 0 Å². The molecule has 0 radical (unpaired) electrons. The predicted molar refractivity (Wildman–Crippen MR) is 335 cm³/mol. The van der Waals surface area contributed by atoms with Crippen LogP contribution in [0.3, 0.4) is 0 Å². The largest absolute Gasteiger partial charge is 0.507 e. The van der Waals surface area contributed by atoms with Crippen molar-refractivity contribution in [2.45, 2.75) is 250 Å². The summed E-state index contributed by atoms with van der Waals surface area (Å²) in [5.74, 6) is 0.480. The SMILES string of the molecule is C/C=C/c1cc2c(O)c(c1)C=NC1CCCCC1N=Cc1cc(/C=C/CCCCCCCCCC)cc(c1O)C=NC1CCCCC1N=Cc1cc(/C=C\CCCCCCCCCC)cc(c1O)C=NC1CCCCC1N=C2. The van der Waals surface area contributed by atoms with E-state index in [2.05, 4.69) is 38.2 Å². The number of phenols is 3. The van der Waals surface area contributed by atoms with E-state index >= 15 is 0 Å². The van der Waals surface area contributed by atoms with E-state index in [4.69, 9.17) is 30.0 Å². The maximum absolute atomic E-state index is 12.0. The molecule has 3 saturated carbocycles. The lowest BCUT2D eigenvalue weighted by Crippen LogP contribution is -2.27. The lowest BCUT2D eigenvalue weighted by atomic mass is 9.91. The molecule has 6 atom stereocenters. The molecule has 7 rings (SSSR count). The van der Waals surface area contributed by atoms with Gasteiger partial charge in [-0.25, -0.2) is 0 Å². The van der Waals surface area contributed by atoms with Gasteiger partial charge in [0.1, 0.15) is 17.2 Å². The third kappa shape index (κ3) is 19.3. The van der Waals surface area contributed by atoms with Crippen molar-refractivity contribution in [1.82, 2.24) is 0 Å². The molecule has 3 aromatic rings. The van der Waals surface area contributed by atoms with Crippen molar-refractivity contribution in [1.29, 1.82) is 0 Å². The lowest BCUT2D eigenvalue weighted by molar-refractivity contribution is 0.389. The molecule has 420 valence electrons. The van der Waals surface area contributed by atoms with Crippen molar-refractivity contribution in [2.75, 3.05) is 0 Å². The maximum atomic E-state index is 12.0. The van der Waals surface area contributed by atoms with Crippen LogP contribution in [0.5, 0.6) is 17.2 Å². The Labute approximate surface area is 470 Å². The number of rotatable bonds is 21. The van der Waals surface area contributed by atoms with Crippen molar-refractivity contribution in [3.63, 3.8) is 0 Å². The quantitative estimate of drug-likeness (QED) is 0.0917. The van der Waals surface area contributed by atoms with Crippen LogP contribution in [0.15, 0.2) is 84.6 Å². The van der Waals surface area contributed by atoms with Crippen LogP contribution in [0.1, 0.15) is 263 Å². The van der Waals surface area contributed by atoms with E-state index in [9.17, 15) is 15.3 Å². The number of fused-ring (bicyclic) bond motifs is 9. The van der Waals surface area contributed by atoms with Crippen LogP contribution in [-0.4, -0.2) is 88.9 Å². The van der Waals surface area contributed by atoms with Gasteiger partial charge in [0.05, 0.1) is 36.3 Å². The van der Waals surface area contributed by atoms with Gasteiger partial charge in [0.15, 0.2) is 0 Å². The van der Waals surface area contributed by atoms with Crippen molar-refractivity contribution in [3.8, 4) is 17.2 Å². The average molecular weight is 1060 g/mol. The summed E-state index contributed by atoms with van der Waals surface area (Å²) in [4.78, 5) is 31.1. The highest BCUT2D eigenvalue weighted by Gasteiger charge is 2.27. The van der Waals surface area contributed by atoms with Crippen LogP contribution in [0.4, 0.5) is 0 Å². The molecule has 1 aliphatic heterocycles. The van der Waals surface area contributed by atoms with Gasteiger partial charge in [-0.1, -0.05) is 179 Å². The Balaban J connectivity index is 1.24. The van der Waals surface area contributed by atoms with Gasteiger partial charge in [-0.05, 0) is 124 Å². The van der Waals surface area contributed by atoms with Gasteiger partial charge in [-0.3, -0.25) is 30.0 Å². The van der Waals surface area contributed by atoms with E-state index in [0.717, 1.165) is 107 Å². The molecule has 9 nitrogen and oxygen atoms in total. The van der Waals surface area contributed by atoms with Crippen LogP contribution in [-0.2, 0) is 0 Å². The van der Waals surface area contributed by atoms with Gasteiger partial charge < -0.3 is 15.3 Å². The van der Waals surface area contributed by atoms with Crippen LogP contribution >= 0.6 is 0 Å². The molecule has 3 aromatic carbocycles. The molecule has 3 N–H and O–H groups in total. The number of allylic oxidation sites excluding steroid dienone is 3. The van der Waals surface area contributed by atoms with E-state index in [1.807, 2.05) is 92.8 Å². The molecule has 0 amide bonds. The predicted octanol–water partition coefficient (Wildman–Crippen LogP) is 17.8. The lowest BCUT2D eigenvalue weighted by Gasteiger charge is -2.26. The first-order valence-electron chi connectivity index (χ1n) is 31.1. The number of phenolic OH excluding ortho intramolecular Hbond substituents is 3. The Morgan fingerprint density at radius 3 is 0.821 bits per heavy atom. The molecule has 4 aliphatic rings. The van der Waals surface area contributed by atoms with Crippen molar-refractivity contribution >= 4 is 55.5 Å². The number of unbranched alkanes of at least 4 members (excludes halogenated alkanes) is 16. The molecule has 1 heterocycles. The smallest absolute Gasteiger partial charge is 0.133 e. The Bertz CT molecular complexity index is 2420. The minimum Gasteiger partial charge on any atom is -0.507 e. The number of benzene rings is 3. The normalized spacial score (nSPS) is 22.0. The van der Waals surface area contributed by atoms with E-state index in [1.165, 1.54) is 103 Å². The first-order valence-corrected chi connectivity index (χ1v) is 31.1. The maximum Gasteiger partial charge on any atom is 0.133 e. The summed E-state index contributed by atoms with van der Waals surface area (Å²) >= 11 is 0. The van der Waals surface area contributed by atoms with Gasteiger partial charge in [0.2, 0.25) is 0 Å². The van der Waals surface area contributed by atoms with Gasteiger partial charge >= 0.3 is 0 Å². The fourth-order valence-electron chi connectivity index (χ4n) is 11.8. The van der Waals surface area contributed by atoms with E-state index < -0.39 is 0 Å². The summed E-state index contributed by atoms with van der Waals surface area (Å²) in [7, 11) is 0. The van der Waals surface area contributed by atoms with Crippen LogP contribution in [0, 0.1) is 0 Å². The zero-order valence-corrected chi connectivity index (χ0v) is 48.1. The molecular weight excluding hydrogens is 961 g/mol. The van der Waals surface area contributed by atoms with E-state index in [-0.39, 0.29) is 53.5 Å². The number of aliphatic imine (C=N–C) groups is 6. The van der Waals surface area contributed by atoms with Crippen molar-refractivity contribution < 1.29 is 15.3 Å². The van der Waals surface area contributed by atoms with Crippen LogP contribution in [0.2, 0.25) is 0 Å². The summed E-state index contributed by atoms with van der Waals surface area (Å²) in [6, 6.07) is 11.7. The molecule has 6 unspecified atom stereocenters. The molecule has 3 aliphatic carbocycles. The summed E-state index contributed by atoms with van der Waals surface area (Å²) < 4.78 is 0. The number of aromatic hydroxyl groups is 3. The van der Waals surface area contributed by atoms with Crippen LogP contribution in [0.25, 0.3) is 18.2 Å². The second-order valence-corrected chi connectivity index (χ2v) is 22.9. The van der Waals surface area contributed by atoms with Crippen molar-refractivity contribution in [2.24, 2.45) is 30.0 Å². The zero-order chi connectivity index (χ0) is 54.6. The second-order valence-electron chi connectivity index (χ2n) is 22.9. The third-order valence-electron chi connectivity index (χ3n) is 16.5. The fourth-order valence-corrected chi connectivity index (χ4v) is 11.8. The number of hydrogen-bond acceptors (Lipinski definition) is 9. The number of hydrogen-bond donors (Lipinski definition) is 3. The molecule has 0 aromatic heterocycles. The molecule has 0 spiro atoms. The molecule has 78 heavy (non-hydrogen) atoms. The first-order chi connectivity index (χ1) is 38.3. The highest BCUT2D eigenvalue weighted by molar-refractivity contribution is 5.95.